The van der Waals surface area contributed by atoms with E-state index in [0.29, 0.717) is 0 Å². The Kier molecular flexibility index (Phi) is 9.59. The molecule has 2 aliphatic rings. The third-order valence-electron chi connectivity index (χ3n) is 14.5. The van der Waals surface area contributed by atoms with Crippen LogP contribution < -0.4 is 14.7 Å². The van der Waals surface area contributed by atoms with E-state index in [1.807, 2.05) is 0 Å². The fourth-order valence-corrected chi connectivity index (χ4v) is 11.5. The van der Waals surface area contributed by atoms with Gasteiger partial charge in [-0.2, -0.15) is 0 Å². The van der Waals surface area contributed by atoms with Crippen molar-refractivity contribution < 1.29 is 0 Å². The fraction of sp³-hybridized carbons (Fsp3) is 0.0303. The van der Waals surface area contributed by atoms with E-state index in [1.165, 1.54) is 60.8 Å². The normalized spacial score (nSPS) is 14.1. The van der Waals surface area contributed by atoms with Gasteiger partial charge in [-0.15, -0.1) is 0 Å². The van der Waals surface area contributed by atoms with Crippen molar-refractivity contribution in [2.24, 2.45) is 0 Å². The van der Waals surface area contributed by atoms with Crippen LogP contribution in [-0.2, 0) is 0 Å². The minimum atomic E-state index is 0.205. The predicted octanol–water partition coefficient (Wildman–Crippen LogP) is 17.4. The highest BCUT2D eigenvalue weighted by molar-refractivity contribution is 6.13. The Labute approximate surface area is 412 Å². The zero-order chi connectivity index (χ0) is 46.8. The monoisotopic (exact) mass is 909 g/mol. The van der Waals surface area contributed by atoms with Crippen molar-refractivity contribution in [2.45, 2.75) is 12.5 Å². The molecule has 1 unspecified atom stereocenters. The molecule has 0 spiro atoms. The molecule has 1 aliphatic carbocycles. The van der Waals surface area contributed by atoms with Gasteiger partial charge in [0.2, 0.25) is 0 Å². The summed E-state index contributed by atoms with van der Waals surface area (Å²) in [5, 5.41) is 4.80. The molecule has 0 N–H and O–H groups in total. The molecule has 0 saturated carbocycles. The third kappa shape index (κ3) is 6.69. The number of hydrogen-bond acceptors (Lipinski definition) is 3. The van der Waals surface area contributed by atoms with Crippen LogP contribution in [0.25, 0.3) is 60.6 Å². The summed E-state index contributed by atoms with van der Waals surface area (Å²) in [6.45, 7) is 0. The Morgan fingerprint density at radius 1 is 0.338 bits per heavy atom. The number of aromatic nitrogens is 2. The van der Waals surface area contributed by atoms with Crippen LogP contribution in [0.4, 0.5) is 39.8 Å². The summed E-state index contributed by atoms with van der Waals surface area (Å²) in [7, 11) is 0. The summed E-state index contributed by atoms with van der Waals surface area (Å²) >= 11 is 0. The number of para-hydroxylation sites is 7. The number of hydrogen-bond donors (Lipinski definition) is 0. The Morgan fingerprint density at radius 2 is 0.761 bits per heavy atom. The molecule has 71 heavy (non-hydrogen) atoms. The van der Waals surface area contributed by atoms with Gasteiger partial charge in [-0.25, -0.2) is 0 Å². The van der Waals surface area contributed by atoms with Gasteiger partial charge >= 0.3 is 0 Å². The van der Waals surface area contributed by atoms with Crippen molar-refractivity contribution in [3.63, 3.8) is 0 Å². The Hall–Kier alpha value is -9.32. The third-order valence-corrected chi connectivity index (χ3v) is 14.5. The van der Waals surface area contributed by atoms with Gasteiger partial charge in [0.05, 0.1) is 28.1 Å². The van der Waals surface area contributed by atoms with Gasteiger partial charge in [0, 0.05) is 84.0 Å². The number of nitrogens with zero attached hydrogens (tertiary/aromatic N) is 5. The van der Waals surface area contributed by atoms with E-state index in [1.54, 1.807) is 0 Å². The van der Waals surface area contributed by atoms with Crippen LogP contribution in [0.15, 0.2) is 273 Å². The number of allylic oxidation sites excluding steroid dienone is 1. The SMILES string of the molecule is C1=C2c3ccccc3N(c3ccccc3)C2CC=C1N(c1ccccc1)c1ccc2c(c1)c1cc(N(c3ccccc3)c3ccc4c(c3)c3ccccc3n4-c3ccccc3)ccc1n2-c1ccccc1. The maximum Gasteiger partial charge on any atom is 0.0634 e. The lowest BCUT2D eigenvalue weighted by Gasteiger charge is -2.33. The highest BCUT2D eigenvalue weighted by Crippen LogP contribution is 2.50. The maximum absolute atomic E-state index is 2.52. The van der Waals surface area contributed by atoms with E-state index in [2.05, 4.69) is 291 Å². The van der Waals surface area contributed by atoms with Crippen LogP contribution >= 0.6 is 0 Å². The molecule has 0 radical (unpaired) electrons. The average molecular weight is 910 g/mol. The lowest BCUT2D eigenvalue weighted by Crippen LogP contribution is -2.29. The van der Waals surface area contributed by atoms with Gasteiger partial charge in [0.1, 0.15) is 0 Å². The van der Waals surface area contributed by atoms with Crippen LogP contribution in [0.3, 0.4) is 0 Å². The van der Waals surface area contributed by atoms with Crippen molar-refractivity contribution in [2.75, 3.05) is 14.7 Å². The summed E-state index contributed by atoms with van der Waals surface area (Å²) in [5.41, 5.74) is 18.7. The summed E-state index contributed by atoms with van der Waals surface area (Å²) < 4.78 is 4.80. The van der Waals surface area contributed by atoms with Crippen LogP contribution in [-0.4, -0.2) is 15.2 Å². The van der Waals surface area contributed by atoms with Crippen LogP contribution in [0.5, 0.6) is 0 Å². The Morgan fingerprint density at radius 3 is 1.32 bits per heavy atom. The molecule has 2 aromatic heterocycles. The largest absolute Gasteiger partial charge is 0.333 e. The van der Waals surface area contributed by atoms with Crippen LogP contribution in [0.2, 0.25) is 0 Å². The summed E-state index contributed by atoms with van der Waals surface area (Å²) in [5.74, 6) is 0. The molecule has 0 amide bonds. The Balaban J connectivity index is 0.950. The van der Waals surface area contributed by atoms with Gasteiger partial charge in [0.25, 0.3) is 0 Å². The number of benzene rings is 10. The second-order valence-corrected chi connectivity index (χ2v) is 18.5. The fourth-order valence-electron chi connectivity index (χ4n) is 11.5. The van der Waals surface area contributed by atoms with Crippen LogP contribution in [0.1, 0.15) is 12.0 Å². The van der Waals surface area contributed by atoms with E-state index in [9.17, 15) is 0 Å². The van der Waals surface area contributed by atoms with E-state index >= 15 is 0 Å². The predicted molar refractivity (Wildman–Crippen MR) is 298 cm³/mol. The van der Waals surface area contributed by atoms with Crippen molar-refractivity contribution in [3.05, 3.63) is 278 Å². The first kappa shape index (κ1) is 40.7. The summed E-state index contributed by atoms with van der Waals surface area (Å²) in [4.78, 5) is 7.37. The van der Waals surface area contributed by atoms with E-state index in [-0.39, 0.29) is 6.04 Å². The topological polar surface area (TPSA) is 19.6 Å². The van der Waals surface area contributed by atoms with E-state index in [4.69, 9.17) is 0 Å². The number of fused-ring (bicyclic) bond motifs is 9. The zero-order valence-corrected chi connectivity index (χ0v) is 38.9. The first-order valence-corrected chi connectivity index (χ1v) is 24.5. The molecule has 12 aromatic rings. The minimum Gasteiger partial charge on any atom is -0.333 e. The van der Waals surface area contributed by atoms with Crippen molar-refractivity contribution in [3.8, 4) is 11.4 Å². The Bertz CT molecular complexity index is 4020. The van der Waals surface area contributed by atoms with Crippen molar-refractivity contribution in [1.82, 2.24) is 9.13 Å². The second-order valence-electron chi connectivity index (χ2n) is 18.5. The molecule has 5 nitrogen and oxygen atoms in total. The molecular formula is C66H47N5. The van der Waals surface area contributed by atoms with Crippen LogP contribution in [0, 0.1) is 0 Å². The highest BCUT2D eigenvalue weighted by atomic mass is 15.2. The van der Waals surface area contributed by atoms with Gasteiger partial charge in [-0.3, -0.25) is 0 Å². The first-order valence-electron chi connectivity index (χ1n) is 24.5. The van der Waals surface area contributed by atoms with E-state index in [0.717, 1.165) is 57.3 Å². The van der Waals surface area contributed by atoms with Gasteiger partial charge < -0.3 is 23.8 Å². The molecule has 1 aliphatic heterocycles. The molecular weight excluding hydrogens is 863 g/mol. The molecule has 0 saturated heterocycles. The average Bonchev–Trinajstić information content (AvgIpc) is 4.07. The standard InChI is InChI=1S/C66H47N5/c1-6-20-46(21-7-1)67(51-34-38-63-57(42-51)55-30-16-18-32-61(55)69(63)48-24-10-3-11-25-48)53-36-40-65-59(44-53)60-45-54(37-41-66(60)71(65)50-28-14-5-15-29-50)68(47-22-8-2-9-23-47)52-35-39-64-58(43-52)56-31-17-19-33-62(56)70(64)49-26-12-4-13-27-49/h1-38,40-45,64H,39H2. The quantitative estimate of drug-likeness (QED) is 0.144. The molecule has 1 atom stereocenters. The molecule has 3 heterocycles. The zero-order valence-electron chi connectivity index (χ0n) is 38.9. The van der Waals surface area contributed by atoms with Gasteiger partial charge in [-0.1, -0.05) is 133 Å². The lowest BCUT2D eigenvalue weighted by molar-refractivity contribution is 0.820. The molecule has 10 aromatic carbocycles. The number of rotatable bonds is 9. The van der Waals surface area contributed by atoms with Crippen molar-refractivity contribution >= 4 is 89.0 Å². The van der Waals surface area contributed by atoms with Gasteiger partial charge in [-0.05, 0) is 145 Å². The molecule has 0 bridgehead atoms. The second kappa shape index (κ2) is 16.7. The summed E-state index contributed by atoms with van der Waals surface area (Å²) in [6, 6.07) is 92.7. The van der Waals surface area contributed by atoms with E-state index < -0.39 is 0 Å². The smallest absolute Gasteiger partial charge is 0.0634 e. The number of anilines is 7. The lowest BCUT2D eigenvalue weighted by atomic mass is 9.93. The summed E-state index contributed by atoms with van der Waals surface area (Å²) in [6.07, 6.45) is 5.75. The minimum absolute atomic E-state index is 0.205. The highest BCUT2D eigenvalue weighted by Gasteiger charge is 2.36. The maximum atomic E-state index is 2.52. The van der Waals surface area contributed by atoms with Crippen molar-refractivity contribution in [1.29, 1.82) is 0 Å². The molecule has 14 rings (SSSR count). The first-order chi connectivity index (χ1) is 35.2. The van der Waals surface area contributed by atoms with Gasteiger partial charge in [0.15, 0.2) is 0 Å². The molecule has 5 heteroatoms. The molecule has 336 valence electrons. The molecule has 0 fully saturated rings.